The van der Waals surface area contributed by atoms with Crippen LogP contribution in [0.2, 0.25) is 0 Å². The third kappa shape index (κ3) is 2.22. The second-order valence-electron chi connectivity index (χ2n) is 5.01. The van der Waals surface area contributed by atoms with Crippen molar-refractivity contribution in [3.05, 3.63) is 61.4 Å². The largest absolute Gasteiger partial charge is 0.478 e. The maximum Gasteiger partial charge on any atom is 0.338 e. The fourth-order valence-electron chi connectivity index (χ4n) is 2.60. The van der Waals surface area contributed by atoms with Gasteiger partial charge in [-0.3, -0.25) is 34.4 Å². The van der Waals surface area contributed by atoms with Crippen LogP contribution in [0, 0.1) is 10.1 Å². The number of nitrogens with one attached hydrogen (secondary N) is 1. The number of imide groups is 1. The molecular formula is C14H8N4O7. The molecule has 0 fully saturated rings. The maximum atomic E-state index is 12.4. The number of pyridine rings is 1. The van der Waals surface area contributed by atoms with Gasteiger partial charge in [0.05, 0.1) is 21.6 Å². The number of nitrogens with two attached hydrogens (primary N) is 1. The Bertz CT molecular complexity index is 1020. The molecule has 3 rings (SSSR count). The summed E-state index contributed by atoms with van der Waals surface area (Å²) in [6, 6.07) is 3.95. The fourth-order valence-corrected chi connectivity index (χ4v) is 2.60. The summed E-state index contributed by atoms with van der Waals surface area (Å²) in [6.07, 6.45) is 0. The third-order valence-corrected chi connectivity index (χ3v) is 3.62. The zero-order chi connectivity index (χ0) is 18.5. The van der Waals surface area contributed by atoms with E-state index in [2.05, 4.69) is 0 Å². The highest BCUT2D eigenvalue weighted by Gasteiger charge is 2.34. The molecule has 11 nitrogen and oxygen atoms in total. The summed E-state index contributed by atoms with van der Waals surface area (Å²) in [6.45, 7) is 0. The topological polar surface area (TPSA) is 175 Å². The Morgan fingerprint density at radius 2 is 1.92 bits per heavy atom. The van der Waals surface area contributed by atoms with E-state index in [1.54, 1.807) is 0 Å². The van der Waals surface area contributed by atoms with Crippen molar-refractivity contribution >= 4 is 29.3 Å². The molecule has 0 spiro atoms. The minimum atomic E-state index is -1.54. The average Bonchev–Trinajstić information content (AvgIpc) is 2.81. The number of nitro benzene ring substituents is 1. The normalized spacial score (nSPS) is 12.6. The van der Waals surface area contributed by atoms with Gasteiger partial charge in [-0.1, -0.05) is 6.07 Å². The first-order valence-corrected chi connectivity index (χ1v) is 6.66. The summed E-state index contributed by atoms with van der Waals surface area (Å²) in [5, 5.41) is 22.5. The number of anilines is 1. The van der Waals surface area contributed by atoms with E-state index in [1.165, 1.54) is 0 Å². The van der Waals surface area contributed by atoms with E-state index in [4.69, 9.17) is 5.73 Å². The minimum Gasteiger partial charge on any atom is -0.478 e. The molecule has 0 saturated carbocycles. The van der Waals surface area contributed by atoms with Gasteiger partial charge in [0.25, 0.3) is 23.1 Å². The fraction of sp³-hybridized carbons (Fsp3) is 0. The lowest BCUT2D eigenvalue weighted by atomic mass is 10.1. The van der Waals surface area contributed by atoms with Gasteiger partial charge in [-0.15, -0.1) is 0 Å². The second kappa shape index (κ2) is 5.26. The quantitative estimate of drug-likeness (QED) is 0.393. The van der Waals surface area contributed by atoms with Crippen molar-refractivity contribution in [2.45, 2.75) is 0 Å². The van der Waals surface area contributed by atoms with Crippen LogP contribution in [0.4, 0.5) is 11.5 Å². The van der Waals surface area contributed by atoms with Crippen LogP contribution in [-0.4, -0.2) is 32.4 Å². The van der Waals surface area contributed by atoms with E-state index in [9.17, 15) is 34.4 Å². The van der Waals surface area contributed by atoms with Gasteiger partial charge in [-0.05, 0) is 6.07 Å². The zero-order valence-corrected chi connectivity index (χ0v) is 12.2. The SMILES string of the molecule is Nc1c2c(cc(=O)n1-c1c(C(=O)O)cccc1[N+](=O)[O-])C(=O)NC2=O. The Morgan fingerprint density at radius 1 is 1.24 bits per heavy atom. The molecule has 2 aromatic rings. The number of para-hydroxylation sites is 1. The van der Waals surface area contributed by atoms with Crippen molar-refractivity contribution in [1.82, 2.24) is 9.88 Å². The number of rotatable bonds is 3. The van der Waals surface area contributed by atoms with Gasteiger partial charge in [0.15, 0.2) is 0 Å². The Balaban J connectivity index is 2.48. The highest BCUT2D eigenvalue weighted by molar-refractivity contribution is 6.23. The highest BCUT2D eigenvalue weighted by Crippen LogP contribution is 2.30. The molecule has 2 heterocycles. The average molecular weight is 344 g/mol. The van der Waals surface area contributed by atoms with E-state index in [0.717, 1.165) is 24.3 Å². The molecule has 1 aliphatic rings. The smallest absolute Gasteiger partial charge is 0.338 e. The molecule has 0 aliphatic carbocycles. The Morgan fingerprint density at radius 3 is 2.52 bits per heavy atom. The molecule has 25 heavy (non-hydrogen) atoms. The summed E-state index contributed by atoms with van der Waals surface area (Å²) >= 11 is 0. The number of amides is 2. The molecule has 4 N–H and O–H groups in total. The molecule has 2 amide bonds. The predicted octanol–water partition coefficient (Wildman–Crippen LogP) is -0.0903. The molecule has 1 aromatic heterocycles. The molecule has 0 bridgehead atoms. The van der Waals surface area contributed by atoms with Crippen molar-refractivity contribution < 1.29 is 24.4 Å². The predicted molar refractivity (Wildman–Crippen MR) is 81.9 cm³/mol. The summed E-state index contributed by atoms with van der Waals surface area (Å²) in [5.41, 5.74) is 2.32. The molecule has 0 saturated heterocycles. The Labute approximate surface area is 137 Å². The highest BCUT2D eigenvalue weighted by atomic mass is 16.6. The molecule has 1 aromatic carbocycles. The van der Waals surface area contributed by atoms with Crippen LogP contribution < -0.4 is 16.6 Å². The number of hydrogen-bond donors (Lipinski definition) is 3. The number of carbonyl (C=O) groups is 3. The first-order chi connectivity index (χ1) is 11.7. The molecule has 1 aliphatic heterocycles. The zero-order valence-electron chi connectivity index (χ0n) is 12.2. The van der Waals surface area contributed by atoms with Crippen molar-refractivity contribution in [1.29, 1.82) is 0 Å². The van der Waals surface area contributed by atoms with Crippen LogP contribution in [0.5, 0.6) is 0 Å². The summed E-state index contributed by atoms with van der Waals surface area (Å²) < 4.78 is 0.540. The van der Waals surface area contributed by atoms with Gasteiger partial charge in [-0.2, -0.15) is 0 Å². The number of hydrogen-bond acceptors (Lipinski definition) is 7. The van der Waals surface area contributed by atoms with Crippen LogP contribution in [-0.2, 0) is 0 Å². The number of carbonyl (C=O) groups excluding carboxylic acids is 2. The number of nitro groups is 1. The first-order valence-electron chi connectivity index (χ1n) is 6.66. The van der Waals surface area contributed by atoms with E-state index in [0.29, 0.717) is 4.57 Å². The number of aromatic nitrogens is 1. The van der Waals surface area contributed by atoms with Crippen LogP contribution in [0.1, 0.15) is 31.1 Å². The second-order valence-corrected chi connectivity index (χ2v) is 5.01. The molecule has 126 valence electrons. The van der Waals surface area contributed by atoms with E-state index < -0.39 is 51.0 Å². The number of carboxylic acids is 1. The van der Waals surface area contributed by atoms with Crippen molar-refractivity contribution in [2.24, 2.45) is 0 Å². The van der Waals surface area contributed by atoms with Gasteiger partial charge in [0, 0.05) is 12.1 Å². The lowest BCUT2D eigenvalue weighted by Crippen LogP contribution is -2.26. The Hall–Kier alpha value is -4.02. The summed E-state index contributed by atoms with van der Waals surface area (Å²) in [4.78, 5) is 57.7. The molecule has 0 radical (unpaired) electrons. The van der Waals surface area contributed by atoms with Gasteiger partial charge in [0.2, 0.25) is 0 Å². The van der Waals surface area contributed by atoms with E-state index >= 15 is 0 Å². The summed E-state index contributed by atoms with van der Waals surface area (Å²) in [7, 11) is 0. The number of fused-ring (bicyclic) bond motifs is 1. The molecule has 0 unspecified atom stereocenters. The third-order valence-electron chi connectivity index (χ3n) is 3.62. The number of aromatic carboxylic acids is 1. The molecule has 0 atom stereocenters. The number of nitrogens with zero attached hydrogens (tertiary/aromatic N) is 2. The van der Waals surface area contributed by atoms with Crippen LogP contribution in [0.25, 0.3) is 5.69 Å². The number of nitrogen functional groups attached to an aromatic ring is 1. The molecule has 11 heteroatoms. The first kappa shape index (κ1) is 15.9. The van der Waals surface area contributed by atoms with Crippen LogP contribution in [0.15, 0.2) is 29.1 Å². The summed E-state index contributed by atoms with van der Waals surface area (Å²) in [5.74, 6) is -3.83. The lowest BCUT2D eigenvalue weighted by Gasteiger charge is -2.14. The van der Waals surface area contributed by atoms with Gasteiger partial charge >= 0.3 is 5.97 Å². The van der Waals surface area contributed by atoms with Crippen molar-refractivity contribution in [2.75, 3.05) is 5.73 Å². The number of benzene rings is 1. The monoisotopic (exact) mass is 344 g/mol. The van der Waals surface area contributed by atoms with Crippen molar-refractivity contribution in [3.8, 4) is 5.69 Å². The number of carboxylic acid groups (broad SMARTS) is 1. The Kier molecular flexibility index (Phi) is 3.34. The minimum absolute atomic E-state index is 0.279. The van der Waals surface area contributed by atoms with Gasteiger partial charge in [0.1, 0.15) is 11.5 Å². The maximum absolute atomic E-state index is 12.4. The van der Waals surface area contributed by atoms with Crippen LogP contribution >= 0.6 is 0 Å². The van der Waals surface area contributed by atoms with Gasteiger partial charge < -0.3 is 10.8 Å². The lowest BCUT2D eigenvalue weighted by molar-refractivity contribution is -0.384. The van der Waals surface area contributed by atoms with Crippen LogP contribution in [0.3, 0.4) is 0 Å². The van der Waals surface area contributed by atoms with Crippen molar-refractivity contribution in [3.63, 3.8) is 0 Å². The van der Waals surface area contributed by atoms with E-state index in [-0.39, 0.29) is 11.1 Å². The standard InChI is InChI=1S/C14H8N4O7/c15-11-9-6(12(20)16-13(9)21)4-8(19)17(11)10-5(14(22)23)2-1-3-7(10)18(24)25/h1-4H,15H2,(H,22,23)(H,16,20,21). The van der Waals surface area contributed by atoms with Gasteiger partial charge in [-0.25, -0.2) is 4.79 Å². The molecular weight excluding hydrogens is 336 g/mol. The van der Waals surface area contributed by atoms with E-state index in [1.807, 2.05) is 5.32 Å².